The fraction of sp³-hybridized carbons (Fsp3) is 0.636. The Morgan fingerprint density at radius 2 is 2.37 bits per heavy atom. The number of hydrogen-bond donors (Lipinski definition) is 2. The third kappa shape index (κ3) is 2.02. The van der Waals surface area contributed by atoms with Crippen molar-refractivity contribution in [2.24, 2.45) is 0 Å². The zero-order valence-electron chi connectivity index (χ0n) is 10.1. The summed E-state index contributed by atoms with van der Waals surface area (Å²) in [7, 11) is 0. The summed E-state index contributed by atoms with van der Waals surface area (Å²) in [6.45, 7) is 0.0953. The van der Waals surface area contributed by atoms with Crippen LogP contribution < -0.4 is 11.2 Å². The van der Waals surface area contributed by atoms with Crippen LogP contribution in [0.25, 0.3) is 0 Å². The number of aromatic amines is 1. The van der Waals surface area contributed by atoms with Gasteiger partial charge in [0.25, 0.3) is 5.56 Å². The molecule has 3 atom stereocenters. The molecule has 0 bridgehead atoms. The molecule has 0 unspecified atom stereocenters. The van der Waals surface area contributed by atoms with E-state index in [0.717, 1.165) is 0 Å². The van der Waals surface area contributed by atoms with Crippen LogP contribution in [0.5, 0.6) is 0 Å². The minimum Gasteiger partial charge on any atom is -0.393 e. The molecule has 0 saturated carbocycles. The lowest BCUT2D eigenvalue weighted by atomic mass is 9.98. The van der Waals surface area contributed by atoms with Crippen LogP contribution in [-0.2, 0) is 14.2 Å². The number of hydrogen-bond acceptors (Lipinski definition) is 6. The maximum Gasteiger partial charge on any atom is 0.330 e. The van der Waals surface area contributed by atoms with Crippen LogP contribution in [-0.4, -0.2) is 46.4 Å². The summed E-state index contributed by atoms with van der Waals surface area (Å²) in [6, 6.07) is 1.25. The Morgan fingerprint density at radius 1 is 1.53 bits per heavy atom. The molecule has 2 N–H and O–H groups in total. The van der Waals surface area contributed by atoms with E-state index in [9.17, 15) is 14.7 Å². The van der Waals surface area contributed by atoms with E-state index >= 15 is 0 Å². The normalized spacial score (nSPS) is 34.2. The summed E-state index contributed by atoms with van der Waals surface area (Å²) < 4.78 is 17.6. The van der Waals surface area contributed by atoms with Gasteiger partial charge in [-0.3, -0.25) is 14.3 Å². The topological polar surface area (TPSA) is 103 Å². The van der Waals surface area contributed by atoms with Crippen molar-refractivity contribution in [3.8, 4) is 0 Å². The van der Waals surface area contributed by atoms with E-state index < -0.39 is 23.1 Å². The Hall–Kier alpha value is -1.48. The second-order valence-corrected chi connectivity index (χ2v) is 4.67. The third-order valence-corrected chi connectivity index (χ3v) is 3.50. The first kappa shape index (κ1) is 12.5. The molecule has 0 aromatic carbocycles. The Balaban J connectivity index is 1.92. The van der Waals surface area contributed by atoms with Gasteiger partial charge in [-0.05, 0) is 0 Å². The second-order valence-electron chi connectivity index (χ2n) is 4.67. The van der Waals surface area contributed by atoms with Crippen LogP contribution in [0.3, 0.4) is 0 Å². The average Bonchev–Trinajstić information content (AvgIpc) is 2.78. The van der Waals surface area contributed by atoms with Gasteiger partial charge in [0.1, 0.15) is 18.6 Å². The zero-order chi connectivity index (χ0) is 13.5. The van der Waals surface area contributed by atoms with Gasteiger partial charge in [-0.25, -0.2) is 4.79 Å². The van der Waals surface area contributed by atoms with Crippen molar-refractivity contribution in [2.75, 3.05) is 20.0 Å². The predicted molar refractivity (Wildman–Crippen MR) is 61.6 cm³/mol. The van der Waals surface area contributed by atoms with Gasteiger partial charge in [-0.1, -0.05) is 0 Å². The molecule has 0 amide bonds. The van der Waals surface area contributed by atoms with Crippen molar-refractivity contribution < 1.29 is 19.3 Å². The first-order valence-corrected chi connectivity index (χ1v) is 5.94. The van der Waals surface area contributed by atoms with Crippen LogP contribution in [0.2, 0.25) is 0 Å². The van der Waals surface area contributed by atoms with E-state index in [0.29, 0.717) is 6.42 Å². The quantitative estimate of drug-likeness (QED) is 0.682. The van der Waals surface area contributed by atoms with Gasteiger partial charge in [0.2, 0.25) is 0 Å². The van der Waals surface area contributed by atoms with Crippen molar-refractivity contribution in [1.29, 1.82) is 0 Å². The number of ether oxygens (including phenoxy) is 3. The molecular formula is C11H14N2O6. The zero-order valence-corrected chi connectivity index (χ0v) is 10.1. The Labute approximate surface area is 107 Å². The number of aliphatic hydroxyl groups is 1. The maximum absolute atomic E-state index is 11.7. The minimum absolute atomic E-state index is 0.142. The number of nitrogens with zero attached hydrogens (tertiary/aromatic N) is 1. The third-order valence-electron chi connectivity index (χ3n) is 3.50. The number of H-pyrrole nitrogens is 1. The van der Waals surface area contributed by atoms with Crippen molar-refractivity contribution >= 4 is 0 Å². The molecule has 2 fully saturated rings. The van der Waals surface area contributed by atoms with Crippen LogP contribution in [0.4, 0.5) is 0 Å². The summed E-state index contributed by atoms with van der Waals surface area (Å²) in [5.74, 6) is 0. The second kappa shape index (κ2) is 4.57. The van der Waals surface area contributed by atoms with E-state index in [1.807, 2.05) is 0 Å². The lowest BCUT2D eigenvalue weighted by molar-refractivity contribution is -0.244. The molecule has 3 rings (SSSR count). The highest BCUT2D eigenvalue weighted by molar-refractivity contribution is 4.99. The summed E-state index contributed by atoms with van der Waals surface area (Å²) in [5.41, 5.74) is -1.96. The molecule has 2 saturated heterocycles. The Kier molecular flexibility index (Phi) is 3.02. The molecule has 1 aromatic rings. The summed E-state index contributed by atoms with van der Waals surface area (Å²) in [6.07, 6.45) is 0.851. The van der Waals surface area contributed by atoms with Crippen molar-refractivity contribution in [2.45, 2.75) is 24.4 Å². The number of fused-ring (bicyclic) bond motifs is 1. The average molecular weight is 270 g/mol. The van der Waals surface area contributed by atoms with Gasteiger partial charge in [0.05, 0.1) is 19.3 Å². The van der Waals surface area contributed by atoms with E-state index in [1.54, 1.807) is 0 Å². The number of aliphatic hydroxyl groups excluding tert-OH is 1. The number of rotatable bonds is 2. The fourth-order valence-electron chi connectivity index (χ4n) is 2.49. The highest BCUT2D eigenvalue weighted by Crippen LogP contribution is 2.39. The van der Waals surface area contributed by atoms with E-state index in [4.69, 9.17) is 14.2 Å². The maximum atomic E-state index is 11.7. The van der Waals surface area contributed by atoms with Crippen molar-refractivity contribution in [1.82, 2.24) is 9.55 Å². The van der Waals surface area contributed by atoms with Crippen LogP contribution >= 0.6 is 0 Å². The number of nitrogens with one attached hydrogen (secondary N) is 1. The first-order chi connectivity index (χ1) is 9.14. The predicted octanol–water partition coefficient (Wildman–Crippen LogP) is -1.44. The van der Waals surface area contributed by atoms with E-state index in [2.05, 4.69) is 4.98 Å². The van der Waals surface area contributed by atoms with Crippen LogP contribution in [0, 0.1) is 0 Å². The highest BCUT2D eigenvalue weighted by atomic mass is 16.7. The lowest BCUT2D eigenvalue weighted by Crippen LogP contribution is -2.52. The summed E-state index contributed by atoms with van der Waals surface area (Å²) in [4.78, 5) is 24.9. The van der Waals surface area contributed by atoms with Crippen LogP contribution in [0.15, 0.2) is 21.9 Å². The Morgan fingerprint density at radius 3 is 3.05 bits per heavy atom. The molecule has 19 heavy (non-hydrogen) atoms. The van der Waals surface area contributed by atoms with Gasteiger partial charge in [-0.2, -0.15) is 0 Å². The van der Waals surface area contributed by atoms with Crippen molar-refractivity contribution in [3.05, 3.63) is 33.1 Å². The van der Waals surface area contributed by atoms with Gasteiger partial charge in [0, 0.05) is 18.7 Å². The molecule has 2 aliphatic rings. The molecule has 0 spiro atoms. The fourth-order valence-corrected chi connectivity index (χ4v) is 2.49. The number of aromatic nitrogens is 2. The molecule has 8 heteroatoms. The van der Waals surface area contributed by atoms with Gasteiger partial charge in [0.15, 0.2) is 0 Å². The standard InChI is InChI=1S/C11H14N2O6/c14-4-11-5-17-6-18-7(11)3-9(19-11)13-2-1-8(15)12-10(13)16/h1-2,7,9,14H,3-6H2,(H,12,15,16)/t7-,9+,11-/m0/s1. The molecule has 104 valence electrons. The molecule has 2 aliphatic heterocycles. The lowest BCUT2D eigenvalue weighted by Gasteiger charge is -2.35. The molecule has 0 radical (unpaired) electrons. The Bertz CT molecular complexity index is 581. The van der Waals surface area contributed by atoms with Gasteiger partial charge in [-0.15, -0.1) is 0 Å². The molecule has 8 nitrogen and oxygen atoms in total. The molecule has 0 aliphatic carbocycles. The molecule has 1 aromatic heterocycles. The van der Waals surface area contributed by atoms with Crippen molar-refractivity contribution in [3.63, 3.8) is 0 Å². The van der Waals surface area contributed by atoms with Gasteiger partial charge < -0.3 is 19.3 Å². The van der Waals surface area contributed by atoms with E-state index in [-0.39, 0.29) is 26.1 Å². The van der Waals surface area contributed by atoms with E-state index in [1.165, 1.54) is 16.8 Å². The summed E-state index contributed by atoms with van der Waals surface area (Å²) >= 11 is 0. The smallest absolute Gasteiger partial charge is 0.330 e. The minimum atomic E-state index is -0.946. The largest absolute Gasteiger partial charge is 0.393 e. The van der Waals surface area contributed by atoms with Crippen LogP contribution in [0.1, 0.15) is 12.6 Å². The highest BCUT2D eigenvalue weighted by Gasteiger charge is 2.52. The first-order valence-electron chi connectivity index (χ1n) is 5.94. The summed E-state index contributed by atoms with van der Waals surface area (Å²) in [5, 5.41) is 9.50. The van der Waals surface area contributed by atoms with Gasteiger partial charge >= 0.3 is 5.69 Å². The molecule has 3 heterocycles. The molecular weight excluding hydrogens is 256 g/mol. The SMILES string of the molecule is O=c1ccn([C@H]2C[C@@H]3OCOC[C@]3(CO)O2)c(=O)[nH]1. The monoisotopic (exact) mass is 270 g/mol.